The molecule has 0 bridgehead atoms. The molecular weight excluding hydrogens is 408 g/mol. The number of nitrogens with zero attached hydrogens (tertiary/aromatic N) is 3. The minimum atomic E-state index is -0.597. The van der Waals surface area contributed by atoms with E-state index >= 15 is 0 Å². The van der Waals surface area contributed by atoms with E-state index in [2.05, 4.69) is 21.9 Å². The number of hydrogen-bond donors (Lipinski definition) is 1. The van der Waals surface area contributed by atoms with E-state index in [9.17, 15) is 4.79 Å². The predicted molar refractivity (Wildman–Crippen MR) is 115 cm³/mol. The molecular formula is C21H21ClN4O2S. The van der Waals surface area contributed by atoms with Gasteiger partial charge >= 0.3 is 0 Å². The Morgan fingerprint density at radius 2 is 2.03 bits per heavy atom. The Morgan fingerprint density at radius 1 is 1.28 bits per heavy atom. The third kappa shape index (κ3) is 4.42. The van der Waals surface area contributed by atoms with Crippen LogP contribution in [0.1, 0.15) is 23.3 Å². The van der Waals surface area contributed by atoms with Crippen LogP contribution in [0.5, 0.6) is 5.75 Å². The Balaban J connectivity index is 1.65. The number of primary amides is 1. The van der Waals surface area contributed by atoms with Crippen molar-refractivity contribution in [3.05, 3.63) is 52.6 Å². The number of nitrogens with two attached hydrogens (primary N) is 1. The molecule has 3 heterocycles. The monoisotopic (exact) mass is 428 g/mol. The summed E-state index contributed by atoms with van der Waals surface area (Å²) in [6.45, 7) is 2.00. The Kier molecular flexibility index (Phi) is 5.80. The number of likely N-dealkylation sites (tertiary alicyclic amines) is 1. The van der Waals surface area contributed by atoms with Crippen molar-refractivity contribution in [2.24, 2.45) is 5.73 Å². The second-order valence-corrected chi connectivity index (χ2v) is 8.33. The minimum absolute atomic E-state index is 0.134. The summed E-state index contributed by atoms with van der Waals surface area (Å²) >= 11 is 7.71. The van der Waals surface area contributed by atoms with Crippen LogP contribution in [0.15, 0.2) is 41.9 Å². The lowest BCUT2D eigenvalue weighted by atomic mass is 10.1. The molecule has 1 saturated heterocycles. The molecule has 4 rings (SSSR count). The molecule has 1 fully saturated rings. The summed E-state index contributed by atoms with van der Waals surface area (Å²) < 4.78 is 6.13. The molecule has 0 atom stereocenters. The van der Waals surface area contributed by atoms with E-state index < -0.39 is 5.91 Å². The molecule has 29 heavy (non-hydrogen) atoms. The van der Waals surface area contributed by atoms with Gasteiger partial charge in [-0.2, -0.15) is 0 Å². The third-order valence-electron chi connectivity index (χ3n) is 4.95. The summed E-state index contributed by atoms with van der Waals surface area (Å²) in [5, 5.41) is 3.18. The molecule has 1 aliphatic rings. The topological polar surface area (TPSA) is 81.3 Å². The van der Waals surface area contributed by atoms with Gasteiger partial charge in [0.1, 0.15) is 22.6 Å². The van der Waals surface area contributed by atoms with E-state index in [1.54, 1.807) is 12.3 Å². The highest BCUT2D eigenvalue weighted by molar-refractivity contribution is 7.13. The maximum atomic E-state index is 11.9. The van der Waals surface area contributed by atoms with Gasteiger partial charge in [0.15, 0.2) is 0 Å². The molecule has 150 valence electrons. The molecule has 2 N–H and O–H groups in total. The summed E-state index contributed by atoms with van der Waals surface area (Å²) in [4.78, 5) is 23.2. The van der Waals surface area contributed by atoms with Crippen LogP contribution in [0, 0.1) is 0 Å². The van der Waals surface area contributed by atoms with Gasteiger partial charge in [-0.15, -0.1) is 11.3 Å². The van der Waals surface area contributed by atoms with Crippen LogP contribution in [0.3, 0.4) is 0 Å². The summed E-state index contributed by atoms with van der Waals surface area (Å²) in [6.07, 6.45) is 3.61. The van der Waals surface area contributed by atoms with E-state index in [1.807, 2.05) is 29.6 Å². The lowest BCUT2D eigenvalue weighted by Crippen LogP contribution is -2.35. The fourth-order valence-corrected chi connectivity index (χ4v) is 4.42. The number of carbonyl (C=O) groups is 1. The Bertz CT molecular complexity index is 1030. The number of benzene rings is 1. The molecule has 0 spiro atoms. The largest absolute Gasteiger partial charge is 0.489 e. The Hall–Kier alpha value is -2.48. The van der Waals surface area contributed by atoms with Gasteiger partial charge in [-0.3, -0.25) is 4.79 Å². The third-order valence-corrected chi connectivity index (χ3v) is 6.15. The first-order chi connectivity index (χ1) is 14.0. The van der Waals surface area contributed by atoms with Crippen LogP contribution in [0.4, 0.5) is 0 Å². The quantitative estimate of drug-likeness (QED) is 0.661. The first-order valence-electron chi connectivity index (χ1n) is 9.37. The van der Waals surface area contributed by atoms with E-state index in [4.69, 9.17) is 22.1 Å². The van der Waals surface area contributed by atoms with Gasteiger partial charge < -0.3 is 15.4 Å². The molecule has 3 aromatic rings. The predicted octanol–water partition coefficient (Wildman–Crippen LogP) is 4.10. The average molecular weight is 429 g/mol. The van der Waals surface area contributed by atoms with Crippen LogP contribution in [0.2, 0.25) is 5.02 Å². The van der Waals surface area contributed by atoms with Gasteiger partial charge in [-0.1, -0.05) is 29.8 Å². The molecule has 2 aromatic heterocycles. The molecule has 0 saturated carbocycles. The lowest BCUT2D eigenvalue weighted by Gasteiger charge is -2.29. The van der Waals surface area contributed by atoms with Crippen LogP contribution in [0.25, 0.3) is 21.8 Å². The maximum absolute atomic E-state index is 11.9. The number of halogens is 1. The molecule has 0 radical (unpaired) electrons. The van der Waals surface area contributed by atoms with Crippen molar-refractivity contribution in [3.63, 3.8) is 0 Å². The van der Waals surface area contributed by atoms with Crippen molar-refractivity contribution in [2.45, 2.75) is 18.9 Å². The highest BCUT2D eigenvalue weighted by atomic mass is 35.5. The van der Waals surface area contributed by atoms with Crippen molar-refractivity contribution in [1.29, 1.82) is 0 Å². The van der Waals surface area contributed by atoms with Gasteiger partial charge in [-0.25, -0.2) is 9.97 Å². The molecule has 1 aromatic carbocycles. The number of piperidine rings is 1. The smallest absolute Gasteiger partial charge is 0.268 e. The fraction of sp³-hybridized carbons (Fsp3) is 0.286. The second-order valence-electron chi connectivity index (χ2n) is 7.07. The van der Waals surface area contributed by atoms with Gasteiger partial charge in [0.05, 0.1) is 11.9 Å². The maximum Gasteiger partial charge on any atom is 0.268 e. The normalized spacial score (nSPS) is 15.4. The van der Waals surface area contributed by atoms with Crippen LogP contribution >= 0.6 is 22.9 Å². The minimum Gasteiger partial charge on any atom is -0.489 e. The zero-order valence-electron chi connectivity index (χ0n) is 16.0. The van der Waals surface area contributed by atoms with Crippen molar-refractivity contribution in [3.8, 4) is 27.6 Å². The molecule has 0 unspecified atom stereocenters. The van der Waals surface area contributed by atoms with Gasteiger partial charge in [0.2, 0.25) is 0 Å². The number of hydrogen-bond acceptors (Lipinski definition) is 6. The molecule has 1 amide bonds. The van der Waals surface area contributed by atoms with E-state index in [-0.39, 0.29) is 11.8 Å². The lowest BCUT2D eigenvalue weighted by molar-refractivity contribution is 0.0995. The van der Waals surface area contributed by atoms with Crippen molar-refractivity contribution >= 4 is 28.8 Å². The highest BCUT2D eigenvalue weighted by Gasteiger charge is 2.21. The van der Waals surface area contributed by atoms with E-state index in [0.29, 0.717) is 21.3 Å². The fourth-order valence-electron chi connectivity index (χ4n) is 3.35. The summed E-state index contributed by atoms with van der Waals surface area (Å²) in [7, 11) is 2.11. The van der Waals surface area contributed by atoms with Gasteiger partial charge in [0.25, 0.3) is 5.91 Å². The average Bonchev–Trinajstić information content (AvgIpc) is 3.20. The Morgan fingerprint density at radius 3 is 2.76 bits per heavy atom. The SMILES string of the molecule is CN1CCC(Oc2cnc(C(N)=O)c(-c3nc(-c4ccccc4Cl)cs3)c2)CC1. The summed E-state index contributed by atoms with van der Waals surface area (Å²) in [5.41, 5.74) is 7.89. The summed E-state index contributed by atoms with van der Waals surface area (Å²) in [5.74, 6) is 0.0226. The number of thiazole rings is 1. The number of rotatable bonds is 5. The molecule has 0 aliphatic carbocycles. The highest BCUT2D eigenvalue weighted by Crippen LogP contribution is 2.35. The first kappa shape index (κ1) is 19.8. The number of carbonyl (C=O) groups excluding carboxylic acids is 1. The zero-order chi connectivity index (χ0) is 20.4. The number of aromatic nitrogens is 2. The second kappa shape index (κ2) is 8.49. The van der Waals surface area contributed by atoms with Gasteiger partial charge in [-0.05, 0) is 32.0 Å². The van der Waals surface area contributed by atoms with Crippen LogP contribution in [-0.2, 0) is 0 Å². The molecule has 8 heteroatoms. The number of pyridine rings is 1. The van der Waals surface area contributed by atoms with Gasteiger partial charge in [0, 0.05) is 34.6 Å². The molecule has 6 nitrogen and oxygen atoms in total. The molecule has 1 aliphatic heterocycles. The number of ether oxygens (including phenoxy) is 1. The van der Waals surface area contributed by atoms with Crippen LogP contribution in [-0.4, -0.2) is 47.0 Å². The zero-order valence-corrected chi connectivity index (χ0v) is 17.5. The van der Waals surface area contributed by atoms with Crippen molar-refractivity contribution in [1.82, 2.24) is 14.9 Å². The summed E-state index contributed by atoms with van der Waals surface area (Å²) in [6, 6.07) is 9.32. The van der Waals surface area contributed by atoms with E-state index in [1.165, 1.54) is 11.3 Å². The number of amides is 1. The van der Waals surface area contributed by atoms with Crippen molar-refractivity contribution < 1.29 is 9.53 Å². The van der Waals surface area contributed by atoms with E-state index in [0.717, 1.165) is 37.2 Å². The standard InChI is InChI=1S/C21H21ClN4O2S/c1-26-8-6-13(7-9-26)28-14-10-16(19(20(23)27)24-11-14)21-25-18(12-29-21)15-4-2-3-5-17(15)22/h2-5,10-13H,6-9H2,1H3,(H2,23,27). The first-order valence-corrected chi connectivity index (χ1v) is 10.6. The van der Waals surface area contributed by atoms with Crippen molar-refractivity contribution in [2.75, 3.05) is 20.1 Å². The van der Waals surface area contributed by atoms with Crippen LogP contribution < -0.4 is 10.5 Å². The Labute approximate surface area is 178 Å².